The highest BCUT2D eigenvalue weighted by atomic mass is 16.6. The number of fused-ring (bicyclic) bond motifs is 1. The molecule has 120 valence electrons. The van der Waals surface area contributed by atoms with Gasteiger partial charge >= 0.3 is 0 Å². The molecule has 1 aromatic heterocycles. The zero-order chi connectivity index (χ0) is 16.2. The van der Waals surface area contributed by atoms with Gasteiger partial charge in [-0.25, -0.2) is 0 Å². The number of hydrogen-bond donors (Lipinski definition) is 1. The van der Waals surface area contributed by atoms with Gasteiger partial charge in [0.15, 0.2) is 0 Å². The SMILES string of the molecule is C=CCN1CCC(Nc2ccc([N+](=O)[O-])c3cccnc23)CC1. The highest BCUT2D eigenvalue weighted by Crippen LogP contribution is 2.30. The van der Waals surface area contributed by atoms with E-state index in [4.69, 9.17) is 0 Å². The van der Waals surface area contributed by atoms with Crippen LogP contribution in [0.4, 0.5) is 11.4 Å². The van der Waals surface area contributed by atoms with Gasteiger partial charge in [-0.1, -0.05) is 6.08 Å². The Balaban J connectivity index is 1.80. The Morgan fingerprint density at radius 1 is 1.39 bits per heavy atom. The maximum Gasteiger partial charge on any atom is 0.278 e. The fraction of sp³-hybridized carbons (Fsp3) is 0.353. The van der Waals surface area contributed by atoms with Gasteiger partial charge in [-0.3, -0.25) is 20.0 Å². The minimum Gasteiger partial charge on any atom is -0.380 e. The molecule has 23 heavy (non-hydrogen) atoms. The number of non-ortho nitro benzene ring substituents is 1. The maximum atomic E-state index is 11.2. The van der Waals surface area contributed by atoms with Crippen LogP contribution >= 0.6 is 0 Å². The quantitative estimate of drug-likeness (QED) is 0.521. The summed E-state index contributed by atoms with van der Waals surface area (Å²) in [4.78, 5) is 17.5. The predicted molar refractivity (Wildman–Crippen MR) is 91.7 cm³/mol. The van der Waals surface area contributed by atoms with E-state index in [0.29, 0.717) is 16.9 Å². The van der Waals surface area contributed by atoms with Crippen molar-refractivity contribution in [1.82, 2.24) is 9.88 Å². The van der Waals surface area contributed by atoms with Gasteiger partial charge in [-0.15, -0.1) is 6.58 Å². The van der Waals surface area contributed by atoms with Gasteiger partial charge < -0.3 is 5.32 Å². The van der Waals surface area contributed by atoms with Crippen molar-refractivity contribution in [3.05, 3.63) is 53.2 Å². The molecule has 1 saturated heterocycles. The summed E-state index contributed by atoms with van der Waals surface area (Å²) in [5, 5.41) is 15.2. The van der Waals surface area contributed by atoms with Crippen molar-refractivity contribution in [2.45, 2.75) is 18.9 Å². The molecule has 1 aromatic carbocycles. The van der Waals surface area contributed by atoms with E-state index >= 15 is 0 Å². The molecule has 0 saturated carbocycles. The predicted octanol–water partition coefficient (Wildman–Crippen LogP) is 3.21. The van der Waals surface area contributed by atoms with Crippen molar-refractivity contribution >= 4 is 22.3 Å². The third-order valence-corrected chi connectivity index (χ3v) is 4.28. The molecule has 1 aliphatic heterocycles. The third-order valence-electron chi connectivity index (χ3n) is 4.28. The lowest BCUT2D eigenvalue weighted by Crippen LogP contribution is -2.39. The molecule has 1 fully saturated rings. The fourth-order valence-corrected chi connectivity index (χ4v) is 3.10. The number of nitro benzene ring substituents is 1. The number of anilines is 1. The zero-order valence-electron chi connectivity index (χ0n) is 12.9. The number of aromatic nitrogens is 1. The first-order valence-electron chi connectivity index (χ1n) is 7.81. The van der Waals surface area contributed by atoms with Crippen LogP contribution in [-0.2, 0) is 0 Å². The molecule has 0 bridgehead atoms. The van der Waals surface area contributed by atoms with Crippen LogP contribution in [0.3, 0.4) is 0 Å². The average Bonchev–Trinajstić information content (AvgIpc) is 2.57. The number of pyridine rings is 1. The van der Waals surface area contributed by atoms with E-state index in [0.717, 1.165) is 38.2 Å². The fourth-order valence-electron chi connectivity index (χ4n) is 3.10. The highest BCUT2D eigenvalue weighted by molar-refractivity contribution is 5.96. The largest absolute Gasteiger partial charge is 0.380 e. The van der Waals surface area contributed by atoms with Crippen LogP contribution in [-0.4, -0.2) is 40.5 Å². The molecule has 0 unspecified atom stereocenters. The minimum absolute atomic E-state index is 0.0967. The molecule has 0 radical (unpaired) electrons. The van der Waals surface area contributed by atoms with Crippen molar-refractivity contribution < 1.29 is 4.92 Å². The molecule has 6 heteroatoms. The standard InChI is InChI=1S/C17H20N4O2/c1-2-10-20-11-7-13(8-12-20)19-15-5-6-16(21(22)23)14-4-3-9-18-17(14)15/h2-6,9,13,19H,1,7-8,10-12H2. The number of nitrogens with zero attached hydrogens (tertiary/aromatic N) is 3. The summed E-state index contributed by atoms with van der Waals surface area (Å²) in [5.74, 6) is 0. The van der Waals surface area contributed by atoms with Crippen LogP contribution in [0.1, 0.15) is 12.8 Å². The lowest BCUT2D eigenvalue weighted by atomic mass is 10.0. The van der Waals surface area contributed by atoms with Crippen LogP contribution in [0, 0.1) is 10.1 Å². The summed E-state index contributed by atoms with van der Waals surface area (Å²) in [5.41, 5.74) is 1.63. The maximum absolute atomic E-state index is 11.2. The first-order chi connectivity index (χ1) is 11.2. The van der Waals surface area contributed by atoms with Gasteiger partial charge in [0.1, 0.15) is 5.52 Å². The van der Waals surface area contributed by atoms with E-state index < -0.39 is 0 Å². The topological polar surface area (TPSA) is 71.3 Å². The summed E-state index contributed by atoms with van der Waals surface area (Å²) in [7, 11) is 0. The van der Waals surface area contributed by atoms with E-state index in [1.807, 2.05) is 6.08 Å². The Morgan fingerprint density at radius 3 is 2.87 bits per heavy atom. The van der Waals surface area contributed by atoms with Crippen LogP contribution in [0.15, 0.2) is 43.1 Å². The first kappa shape index (κ1) is 15.4. The van der Waals surface area contributed by atoms with Crippen LogP contribution in [0.5, 0.6) is 0 Å². The first-order valence-corrected chi connectivity index (χ1v) is 7.81. The molecule has 2 aromatic rings. The molecule has 0 amide bonds. The summed E-state index contributed by atoms with van der Waals surface area (Å²) < 4.78 is 0. The van der Waals surface area contributed by atoms with Gasteiger partial charge in [0.2, 0.25) is 0 Å². The molecule has 0 spiro atoms. The van der Waals surface area contributed by atoms with Crippen LogP contribution in [0.25, 0.3) is 10.9 Å². The molecule has 0 aliphatic carbocycles. The Labute approximate surface area is 135 Å². The second-order valence-electron chi connectivity index (χ2n) is 5.80. The molecule has 0 atom stereocenters. The second kappa shape index (κ2) is 6.75. The Hall–Kier alpha value is -2.47. The third kappa shape index (κ3) is 3.32. The van der Waals surface area contributed by atoms with Gasteiger partial charge in [0.25, 0.3) is 5.69 Å². The van der Waals surface area contributed by atoms with Crippen LogP contribution in [0.2, 0.25) is 0 Å². The number of likely N-dealkylation sites (tertiary alicyclic amines) is 1. The van der Waals surface area contributed by atoms with Gasteiger partial charge in [0.05, 0.1) is 16.0 Å². The summed E-state index contributed by atoms with van der Waals surface area (Å²) in [6.45, 7) is 6.76. The monoisotopic (exact) mass is 312 g/mol. The smallest absolute Gasteiger partial charge is 0.278 e. The number of benzene rings is 1. The van der Waals surface area contributed by atoms with E-state index in [1.54, 1.807) is 30.5 Å². The molecule has 2 heterocycles. The van der Waals surface area contributed by atoms with E-state index in [1.165, 1.54) is 0 Å². The van der Waals surface area contributed by atoms with E-state index in [-0.39, 0.29) is 10.6 Å². The van der Waals surface area contributed by atoms with Gasteiger partial charge in [-0.05, 0) is 31.0 Å². The Bertz CT molecular complexity index is 724. The second-order valence-corrected chi connectivity index (χ2v) is 5.80. The minimum atomic E-state index is -0.360. The number of nitro groups is 1. The normalized spacial score (nSPS) is 16.3. The zero-order valence-corrected chi connectivity index (χ0v) is 12.9. The number of rotatable bonds is 5. The summed E-state index contributed by atoms with van der Waals surface area (Å²) in [6, 6.07) is 7.16. The van der Waals surface area contributed by atoms with E-state index in [9.17, 15) is 10.1 Å². The molecule has 1 aliphatic rings. The van der Waals surface area contributed by atoms with Crippen molar-refractivity contribution in [1.29, 1.82) is 0 Å². The number of nitrogens with one attached hydrogen (secondary N) is 1. The average molecular weight is 312 g/mol. The Kier molecular flexibility index (Phi) is 4.52. The Morgan fingerprint density at radius 2 is 2.17 bits per heavy atom. The van der Waals surface area contributed by atoms with Gasteiger partial charge in [0, 0.05) is 37.9 Å². The van der Waals surface area contributed by atoms with Crippen molar-refractivity contribution in [3.8, 4) is 0 Å². The lowest BCUT2D eigenvalue weighted by molar-refractivity contribution is -0.383. The van der Waals surface area contributed by atoms with Crippen molar-refractivity contribution in [2.75, 3.05) is 25.0 Å². The summed E-state index contributed by atoms with van der Waals surface area (Å²) >= 11 is 0. The van der Waals surface area contributed by atoms with Gasteiger partial charge in [-0.2, -0.15) is 0 Å². The van der Waals surface area contributed by atoms with E-state index in [2.05, 4.69) is 21.8 Å². The lowest BCUT2D eigenvalue weighted by Gasteiger charge is -2.32. The molecular formula is C17H20N4O2. The molecular weight excluding hydrogens is 292 g/mol. The molecule has 3 rings (SSSR count). The highest BCUT2D eigenvalue weighted by Gasteiger charge is 2.20. The molecule has 1 N–H and O–H groups in total. The number of piperidine rings is 1. The van der Waals surface area contributed by atoms with Crippen LogP contribution < -0.4 is 5.32 Å². The summed E-state index contributed by atoms with van der Waals surface area (Å²) in [6.07, 6.45) is 5.68. The number of hydrogen-bond acceptors (Lipinski definition) is 5. The molecule has 6 nitrogen and oxygen atoms in total. The van der Waals surface area contributed by atoms with Crippen molar-refractivity contribution in [2.24, 2.45) is 0 Å². The van der Waals surface area contributed by atoms with Crippen molar-refractivity contribution in [3.63, 3.8) is 0 Å².